The van der Waals surface area contributed by atoms with Gasteiger partial charge < -0.3 is 9.52 Å². The van der Waals surface area contributed by atoms with Crippen LogP contribution in [0.4, 0.5) is 0 Å². The van der Waals surface area contributed by atoms with E-state index in [4.69, 9.17) is 4.42 Å². The van der Waals surface area contributed by atoms with Crippen LogP contribution in [0.25, 0.3) is 22.0 Å². The molecule has 2 N–H and O–H groups in total. The van der Waals surface area contributed by atoms with Crippen LogP contribution < -0.4 is 4.72 Å². The van der Waals surface area contributed by atoms with Gasteiger partial charge in [-0.2, -0.15) is 8.75 Å². The van der Waals surface area contributed by atoms with Crippen molar-refractivity contribution in [1.82, 2.24) is 13.5 Å². The first kappa shape index (κ1) is 17.1. The van der Waals surface area contributed by atoms with Gasteiger partial charge in [-0.15, -0.1) is 0 Å². The van der Waals surface area contributed by atoms with Gasteiger partial charge in [0.15, 0.2) is 0 Å². The van der Waals surface area contributed by atoms with Crippen LogP contribution in [0.15, 0.2) is 57.8 Å². The van der Waals surface area contributed by atoms with E-state index < -0.39 is 15.6 Å². The summed E-state index contributed by atoms with van der Waals surface area (Å²) in [6.07, 6.45) is 0. The molecule has 2 aromatic heterocycles. The maximum atomic E-state index is 12.7. The second-order valence-corrected chi connectivity index (χ2v) is 8.40. The van der Waals surface area contributed by atoms with Gasteiger partial charge in [-0.25, -0.2) is 13.1 Å². The van der Waals surface area contributed by atoms with Crippen molar-refractivity contribution in [3.63, 3.8) is 0 Å². The van der Waals surface area contributed by atoms with Gasteiger partial charge >= 0.3 is 0 Å². The minimum Gasteiger partial charge on any atom is -0.458 e. The molecule has 0 fully saturated rings. The fraction of sp³-hybridized carbons (Fsp3) is 0.176. The lowest BCUT2D eigenvalue weighted by Gasteiger charge is -2.21. The number of furan rings is 1. The molecule has 0 spiro atoms. The van der Waals surface area contributed by atoms with E-state index in [-0.39, 0.29) is 17.2 Å². The van der Waals surface area contributed by atoms with E-state index in [2.05, 4.69) is 13.5 Å². The number of nitrogens with zero attached hydrogens (tertiary/aromatic N) is 2. The van der Waals surface area contributed by atoms with Gasteiger partial charge in [0.25, 0.3) is 0 Å². The lowest BCUT2D eigenvalue weighted by Crippen LogP contribution is -2.38. The van der Waals surface area contributed by atoms with E-state index in [0.717, 1.165) is 17.1 Å². The highest BCUT2D eigenvalue weighted by Gasteiger charge is 2.30. The molecule has 9 heteroatoms. The van der Waals surface area contributed by atoms with Gasteiger partial charge in [-0.1, -0.05) is 24.3 Å². The highest BCUT2D eigenvalue weighted by atomic mass is 32.2. The molecule has 0 saturated carbocycles. The summed E-state index contributed by atoms with van der Waals surface area (Å²) in [4.78, 5) is 0.0316. The lowest BCUT2D eigenvalue weighted by atomic mass is 10.0. The Balaban J connectivity index is 1.61. The molecule has 0 radical (unpaired) electrons. The summed E-state index contributed by atoms with van der Waals surface area (Å²) in [5.74, 6) is 0.287. The van der Waals surface area contributed by atoms with Crippen molar-refractivity contribution in [3.05, 3.63) is 54.3 Å². The number of sulfonamides is 1. The summed E-state index contributed by atoms with van der Waals surface area (Å²) < 4.78 is 41.5. The zero-order valence-electron chi connectivity index (χ0n) is 13.7. The molecule has 4 aromatic rings. The van der Waals surface area contributed by atoms with E-state index in [1.165, 1.54) is 13.0 Å². The monoisotopic (exact) mass is 389 g/mol. The Morgan fingerprint density at radius 1 is 1.19 bits per heavy atom. The number of nitrogens with one attached hydrogen (secondary N) is 1. The molecule has 0 bridgehead atoms. The first-order chi connectivity index (χ1) is 12.4. The summed E-state index contributed by atoms with van der Waals surface area (Å²) in [6, 6.07) is 13.8. The molecule has 134 valence electrons. The maximum absolute atomic E-state index is 12.7. The first-order valence-corrected chi connectivity index (χ1v) is 10.0. The van der Waals surface area contributed by atoms with Gasteiger partial charge in [0.2, 0.25) is 10.0 Å². The fourth-order valence-corrected chi connectivity index (χ4v) is 4.54. The van der Waals surface area contributed by atoms with E-state index in [1.54, 1.807) is 24.3 Å². The summed E-state index contributed by atoms with van der Waals surface area (Å²) in [5, 5.41) is 11.6. The van der Waals surface area contributed by atoms with Crippen LogP contribution in [0.1, 0.15) is 12.7 Å². The predicted molar refractivity (Wildman–Crippen MR) is 98.4 cm³/mol. The van der Waals surface area contributed by atoms with E-state index in [1.807, 2.05) is 18.2 Å². The summed E-state index contributed by atoms with van der Waals surface area (Å²) in [7, 11) is -3.88. The molecule has 26 heavy (non-hydrogen) atoms. The predicted octanol–water partition coefficient (Wildman–Crippen LogP) is 2.62. The molecule has 0 aliphatic heterocycles. The van der Waals surface area contributed by atoms with Gasteiger partial charge in [-0.05, 0) is 31.2 Å². The average molecular weight is 389 g/mol. The maximum Gasteiger partial charge on any atom is 0.242 e. The van der Waals surface area contributed by atoms with Crippen LogP contribution in [0.5, 0.6) is 0 Å². The van der Waals surface area contributed by atoms with Crippen LogP contribution in [0, 0.1) is 0 Å². The van der Waals surface area contributed by atoms with Gasteiger partial charge in [0, 0.05) is 11.9 Å². The van der Waals surface area contributed by atoms with Gasteiger partial charge in [0.05, 0.1) is 11.7 Å². The van der Waals surface area contributed by atoms with E-state index in [0.29, 0.717) is 16.6 Å². The van der Waals surface area contributed by atoms with Crippen molar-refractivity contribution in [3.8, 4) is 0 Å². The molecule has 4 rings (SSSR count). The molecule has 0 amide bonds. The zero-order chi connectivity index (χ0) is 18.4. The molecule has 0 saturated heterocycles. The Morgan fingerprint density at radius 3 is 2.81 bits per heavy atom. The van der Waals surface area contributed by atoms with Crippen molar-refractivity contribution in [2.24, 2.45) is 0 Å². The van der Waals surface area contributed by atoms with Crippen LogP contribution >= 0.6 is 11.7 Å². The van der Waals surface area contributed by atoms with E-state index >= 15 is 0 Å². The molecule has 1 atom stereocenters. The highest BCUT2D eigenvalue weighted by Crippen LogP contribution is 2.28. The minimum atomic E-state index is -3.88. The number of rotatable bonds is 5. The van der Waals surface area contributed by atoms with E-state index in [9.17, 15) is 13.5 Å². The van der Waals surface area contributed by atoms with Crippen molar-refractivity contribution in [2.45, 2.75) is 17.4 Å². The Labute approximate surface area is 153 Å². The Bertz CT molecular complexity index is 1160. The molecule has 2 heterocycles. The molecule has 0 aliphatic carbocycles. The smallest absolute Gasteiger partial charge is 0.242 e. The third-order valence-electron chi connectivity index (χ3n) is 4.10. The third-order valence-corrected chi connectivity index (χ3v) is 6.08. The third kappa shape index (κ3) is 2.99. The highest BCUT2D eigenvalue weighted by molar-refractivity contribution is 7.89. The molecular formula is C17H15N3O4S2. The number of fused-ring (bicyclic) bond motifs is 2. The van der Waals surface area contributed by atoms with Crippen LogP contribution in [0.3, 0.4) is 0 Å². The summed E-state index contributed by atoms with van der Waals surface area (Å²) in [6.45, 7) is 1.25. The quantitative estimate of drug-likeness (QED) is 0.544. The largest absolute Gasteiger partial charge is 0.458 e. The van der Waals surface area contributed by atoms with Crippen molar-refractivity contribution in [1.29, 1.82) is 0 Å². The second-order valence-electron chi connectivity index (χ2n) is 6.13. The molecule has 7 nitrogen and oxygen atoms in total. The number of aliphatic hydroxyl groups is 1. The topological polar surface area (TPSA) is 105 Å². The zero-order valence-corrected chi connectivity index (χ0v) is 15.3. The van der Waals surface area contributed by atoms with Crippen LogP contribution in [-0.4, -0.2) is 28.8 Å². The Morgan fingerprint density at radius 2 is 2.00 bits per heavy atom. The Kier molecular flexibility index (Phi) is 4.03. The number of aromatic nitrogens is 2. The Hall–Kier alpha value is -2.33. The molecule has 2 aromatic carbocycles. The number of hydrogen-bond donors (Lipinski definition) is 2. The normalized spacial score (nSPS) is 14.7. The number of benzene rings is 2. The minimum absolute atomic E-state index is 0.0316. The lowest BCUT2D eigenvalue weighted by molar-refractivity contribution is 0.0412. The number of hydrogen-bond acceptors (Lipinski definition) is 7. The first-order valence-electron chi connectivity index (χ1n) is 7.79. The standard InChI is InChI=1S/C17H15N3O4S2/c1-17(21,15-9-11-5-2-3-7-13(11)24-15)10-18-26(22,23)14-8-4-6-12-16(14)20-25-19-12/h2-9,18,21H,10H2,1H3/t17-/m0/s1. The molecule has 0 aliphatic rings. The van der Waals surface area contributed by atoms with Crippen molar-refractivity contribution in [2.75, 3.05) is 6.54 Å². The van der Waals surface area contributed by atoms with Gasteiger partial charge in [-0.3, -0.25) is 0 Å². The number of para-hydroxylation sites is 1. The van der Waals surface area contributed by atoms with Crippen molar-refractivity contribution < 1.29 is 17.9 Å². The molecular weight excluding hydrogens is 374 g/mol. The van der Waals surface area contributed by atoms with Crippen molar-refractivity contribution >= 4 is 43.8 Å². The SMILES string of the molecule is C[C@](O)(CNS(=O)(=O)c1cccc2nsnc12)c1cc2ccccc2o1. The fourth-order valence-electron chi connectivity index (χ4n) is 2.65. The summed E-state index contributed by atoms with van der Waals surface area (Å²) in [5.41, 5.74) is -0.0559. The average Bonchev–Trinajstić information content (AvgIpc) is 3.26. The molecule has 0 unspecified atom stereocenters. The second kappa shape index (κ2) is 6.13. The van der Waals surface area contributed by atoms with Crippen LogP contribution in [-0.2, 0) is 15.6 Å². The summed E-state index contributed by atoms with van der Waals surface area (Å²) >= 11 is 0.949. The van der Waals surface area contributed by atoms with Gasteiger partial charge in [0.1, 0.15) is 32.9 Å². The van der Waals surface area contributed by atoms with Crippen LogP contribution in [0.2, 0.25) is 0 Å².